The molecule has 23 heavy (non-hydrogen) atoms. The van der Waals surface area contributed by atoms with Crippen LogP contribution >= 0.6 is 0 Å². The van der Waals surface area contributed by atoms with E-state index in [0.717, 1.165) is 18.8 Å². The Morgan fingerprint density at radius 2 is 1.91 bits per heavy atom. The lowest BCUT2D eigenvalue weighted by Crippen LogP contribution is -2.50. The molecule has 0 bridgehead atoms. The molecule has 4 aliphatic carbocycles. The number of carbonyl (C=O) groups is 2. The third kappa shape index (κ3) is 1.99. The monoisotopic (exact) mass is 312 g/mol. The van der Waals surface area contributed by atoms with Crippen molar-refractivity contribution in [1.29, 1.82) is 0 Å². The summed E-state index contributed by atoms with van der Waals surface area (Å²) in [5.41, 5.74) is 1.65. The van der Waals surface area contributed by atoms with Gasteiger partial charge in [0.1, 0.15) is 5.78 Å². The molecule has 2 nitrogen and oxygen atoms in total. The lowest BCUT2D eigenvalue weighted by atomic mass is 9.47. The van der Waals surface area contributed by atoms with Gasteiger partial charge in [-0.3, -0.25) is 9.59 Å². The van der Waals surface area contributed by atoms with E-state index >= 15 is 0 Å². The van der Waals surface area contributed by atoms with E-state index in [1.165, 1.54) is 31.3 Å². The van der Waals surface area contributed by atoms with E-state index in [0.29, 0.717) is 17.6 Å². The minimum Gasteiger partial charge on any atom is -0.300 e. The van der Waals surface area contributed by atoms with Gasteiger partial charge in [0.15, 0.2) is 5.78 Å². The van der Waals surface area contributed by atoms with Crippen molar-refractivity contribution in [3.8, 4) is 0 Å². The lowest BCUT2D eigenvalue weighted by Gasteiger charge is -2.56. The second kappa shape index (κ2) is 4.91. The van der Waals surface area contributed by atoms with Gasteiger partial charge in [0.05, 0.1) is 0 Å². The van der Waals surface area contributed by atoms with Crippen LogP contribution in [0.5, 0.6) is 0 Å². The summed E-state index contributed by atoms with van der Waals surface area (Å²) in [4.78, 5) is 23.9. The Balaban J connectivity index is 1.68. The molecule has 4 rings (SSSR count). The molecule has 4 aliphatic rings. The summed E-state index contributed by atoms with van der Waals surface area (Å²) in [6.07, 6.45) is 12.8. The Kier molecular flexibility index (Phi) is 3.28. The molecule has 3 fully saturated rings. The average molecular weight is 312 g/mol. The van der Waals surface area contributed by atoms with Crippen LogP contribution in [0.25, 0.3) is 0 Å². The predicted molar refractivity (Wildman–Crippen MR) is 90.8 cm³/mol. The first-order valence-electron chi connectivity index (χ1n) is 9.31. The van der Waals surface area contributed by atoms with Gasteiger partial charge in [-0.1, -0.05) is 25.5 Å². The summed E-state index contributed by atoms with van der Waals surface area (Å²) < 4.78 is 0. The largest absolute Gasteiger partial charge is 0.300 e. The quantitative estimate of drug-likeness (QED) is 0.714. The van der Waals surface area contributed by atoms with E-state index in [1.807, 2.05) is 6.08 Å². The molecule has 6 atom stereocenters. The first-order chi connectivity index (χ1) is 10.9. The topological polar surface area (TPSA) is 34.1 Å². The standard InChI is InChI=1S/C21H28O2/c1-13(22)17-6-7-18-16-5-4-14-12-15(23)8-10-20(14,2)19(16)9-11-21(17,18)3/h8,10,12,16-19H,4-7,9,11H2,1-3H3/t16?,17-,18?,19?,20+,21-/m1/s1. The number of hydrogen-bond acceptors (Lipinski definition) is 2. The highest BCUT2D eigenvalue weighted by atomic mass is 16.1. The van der Waals surface area contributed by atoms with Gasteiger partial charge in [-0.2, -0.15) is 0 Å². The maximum absolute atomic E-state index is 12.1. The number of allylic oxidation sites excluding steroid dienone is 4. The Morgan fingerprint density at radius 3 is 2.65 bits per heavy atom. The van der Waals surface area contributed by atoms with Crippen LogP contribution in [0.4, 0.5) is 0 Å². The van der Waals surface area contributed by atoms with Gasteiger partial charge in [-0.25, -0.2) is 0 Å². The highest BCUT2D eigenvalue weighted by molar-refractivity contribution is 6.01. The first-order valence-corrected chi connectivity index (χ1v) is 9.31. The summed E-state index contributed by atoms with van der Waals surface area (Å²) in [5, 5.41) is 0. The Hall–Kier alpha value is -1.18. The molecule has 0 amide bonds. The van der Waals surface area contributed by atoms with Crippen LogP contribution in [-0.4, -0.2) is 11.6 Å². The molecule has 0 aliphatic heterocycles. The minimum atomic E-state index is 0.0759. The number of carbonyl (C=O) groups excluding carboxylic acids is 2. The van der Waals surface area contributed by atoms with E-state index in [4.69, 9.17) is 0 Å². The third-order valence-corrected chi connectivity index (χ3v) is 8.05. The van der Waals surface area contributed by atoms with E-state index in [-0.39, 0.29) is 22.5 Å². The Labute approximate surface area is 139 Å². The molecule has 3 unspecified atom stereocenters. The molecule has 124 valence electrons. The van der Waals surface area contributed by atoms with Crippen molar-refractivity contribution in [3.05, 3.63) is 23.8 Å². The van der Waals surface area contributed by atoms with Crippen molar-refractivity contribution < 1.29 is 9.59 Å². The van der Waals surface area contributed by atoms with Gasteiger partial charge in [-0.15, -0.1) is 0 Å². The van der Waals surface area contributed by atoms with E-state index in [2.05, 4.69) is 19.9 Å². The second-order valence-electron chi connectivity index (χ2n) is 8.89. The van der Waals surface area contributed by atoms with Gasteiger partial charge in [-0.05, 0) is 80.8 Å². The number of fused-ring (bicyclic) bond motifs is 5. The van der Waals surface area contributed by atoms with Crippen LogP contribution < -0.4 is 0 Å². The van der Waals surface area contributed by atoms with Crippen LogP contribution in [0.1, 0.15) is 59.3 Å². The molecule has 0 N–H and O–H groups in total. The van der Waals surface area contributed by atoms with E-state index in [9.17, 15) is 9.59 Å². The molecule has 0 aromatic heterocycles. The molecule has 0 aromatic rings. The molecule has 0 aromatic carbocycles. The molecule has 0 spiro atoms. The van der Waals surface area contributed by atoms with Crippen LogP contribution in [0, 0.1) is 34.5 Å². The average Bonchev–Trinajstić information content (AvgIpc) is 2.85. The number of rotatable bonds is 1. The fraction of sp³-hybridized carbons (Fsp3) is 0.714. The Bertz CT molecular complexity index is 628. The SMILES string of the molecule is CC(=O)[C@H]1CCC2C3CCC4=CC(=O)C=C[C@]4(C)C3CC[C@@]21C. The van der Waals surface area contributed by atoms with Crippen molar-refractivity contribution in [3.63, 3.8) is 0 Å². The molecular formula is C21H28O2. The second-order valence-corrected chi connectivity index (χ2v) is 8.89. The number of hydrogen-bond donors (Lipinski definition) is 0. The third-order valence-electron chi connectivity index (χ3n) is 8.05. The highest BCUT2D eigenvalue weighted by Gasteiger charge is 2.59. The summed E-state index contributed by atoms with van der Waals surface area (Å²) in [5.74, 6) is 2.91. The summed E-state index contributed by atoms with van der Waals surface area (Å²) in [7, 11) is 0. The Morgan fingerprint density at radius 1 is 1.13 bits per heavy atom. The maximum Gasteiger partial charge on any atom is 0.178 e. The molecule has 3 saturated carbocycles. The zero-order valence-electron chi connectivity index (χ0n) is 14.6. The smallest absolute Gasteiger partial charge is 0.178 e. The lowest BCUT2D eigenvalue weighted by molar-refractivity contribution is -0.127. The van der Waals surface area contributed by atoms with Crippen LogP contribution in [-0.2, 0) is 9.59 Å². The van der Waals surface area contributed by atoms with Crippen molar-refractivity contribution in [2.24, 2.45) is 34.5 Å². The summed E-state index contributed by atoms with van der Waals surface area (Å²) in [6.45, 7) is 6.53. The van der Waals surface area contributed by atoms with Crippen molar-refractivity contribution in [1.82, 2.24) is 0 Å². The molecule has 2 heteroatoms. The zero-order chi connectivity index (χ0) is 16.4. The van der Waals surface area contributed by atoms with Gasteiger partial charge < -0.3 is 0 Å². The fourth-order valence-electron chi connectivity index (χ4n) is 6.87. The predicted octanol–water partition coefficient (Wildman–Crippen LogP) is 4.50. The summed E-state index contributed by atoms with van der Waals surface area (Å²) in [6, 6.07) is 0. The van der Waals surface area contributed by atoms with E-state index in [1.54, 1.807) is 13.0 Å². The summed E-state index contributed by atoms with van der Waals surface area (Å²) >= 11 is 0. The molecule has 0 radical (unpaired) electrons. The zero-order valence-corrected chi connectivity index (χ0v) is 14.6. The van der Waals surface area contributed by atoms with Crippen LogP contribution in [0.2, 0.25) is 0 Å². The first kappa shape index (κ1) is 15.4. The van der Waals surface area contributed by atoms with Crippen molar-refractivity contribution in [2.45, 2.75) is 59.3 Å². The molecule has 0 heterocycles. The number of Topliss-reactive ketones (excluding diaryl/α,β-unsaturated/α-hetero) is 1. The van der Waals surface area contributed by atoms with Crippen LogP contribution in [0.3, 0.4) is 0 Å². The van der Waals surface area contributed by atoms with Crippen LogP contribution in [0.15, 0.2) is 23.8 Å². The van der Waals surface area contributed by atoms with Gasteiger partial charge in [0.2, 0.25) is 0 Å². The maximum atomic E-state index is 12.1. The highest BCUT2D eigenvalue weighted by Crippen LogP contribution is 2.65. The number of ketones is 2. The molecular weight excluding hydrogens is 284 g/mol. The molecule has 0 saturated heterocycles. The van der Waals surface area contributed by atoms with Crippen molar-refractivity contribution >= 4 is 11.6 Å². The fourth-order valence-corrected chi connectivity index (χ4v) is 6.87. The normalized spacial score (nSPS) is 48.3. The van der Waals surface area contributed by atoms with Gasteiger partial charge in [0, 0.05) is 11.3 Å². The van der Waals surface area contributed by atoms with Gasteiger partial charge in [0.25, 0.3) is 0 Å². The van der Waals surface area contributed by atoms with Crippen molar-refractivity contribution in [2.75, 3.05) is 0 Å². The van der Waals surface area contributed by atoms with Gasteiger partial charge >= 0.3 is 0 Å². The minimum absolute atomic E-state index is 0.0759. The van der Waals surface area contributed by atoms with E-state index < -0.39 is 0 Å².